The highest BCUT2D eigenvalue weighted by Gasteiger charge is 2.20. The van der Waals surface area contributed by atoms with Gasteiger partial charge in [0.15, 0.2) is 11.0 Å². The van der Waals surface area contributed by atoms with E-state index in [1.165, 1.54) is 0 Å². The quantitative estimate of drug-likeness (QED) is 0.857. The molecule has 1 aromatic heterocycles. The molecule has 0 bridgehead atoms. The number of thioether (sulfide) groups is 1. The molecule has 2 N–H and O–H groups in total. The first-order chi connectivity index (χ1) is 7.44. The summed E-state index contributed by atoms with van der Waals surface area (Å²) in [6.45, 7) is 2.03. The van der Waals surface area contributed by atoms with E-state index in [1.807, 2.05) is 6.26 Å². The monoisotopic (exact) mass is 282 g/mol. The average molecular weight is 283 g/mol. The molecule has 1 rings (SSSR count). The molecule has 0 fully saturated rings. The maximum atomic E-state index is 9.91. The summed E-state index contributed by atoms with van der Waals surface area (Å²) >= 11 is 12.9. The van der Waals surface area contributed by atoms with Crippen molar-refractivity contribution in [1.82, 2.24) is 15.2 Å². The Balaban J connectivity index is 2.63. The van der Waals surface area contributed by atoms with Gasteiger partial charge in [-0.2, -0.15) is 16.7 Å². The molecule has 0 saturated carbocycles. The molecule has 0 amide bonds. The maximum Gasteiger partial charge on any atom is 0.245 e. The molecule has 8 heteroatoms. The molecule has 0 aromatic carbocycles. The topological polar surface area (TPSA) is 70.9 Å². The zero-order valence-electron chi connectivity index (χ0n) is 8.87. The van der Waals surface area contributed by atoms with Crippen LogP contribution in [0.1, 0.15) is 6.92 Å². The van der Waals surface area contributed by atoms with E-state index in [4.69, 9.17) is 23.2 Å². The van der Waals surface area contributed by atoms with Crippen molar-refractivity contribution in [1.29, 1.82) is 0 Å². The molecule has 90 valence electrons. The lowest BCUT2D eigenvalue weighted by Crippen LogP contribution is -2.36. The standard InChI is InChI=1S/C8H12Cl2N4OS/c1-8(15,4-16-2)3-11-6-5(9)13-14-7(10)12-6/h15H,3-4H2,1-2H3,(H,11,12,14). The zero-order valence-corrected chi connectivity index (χ0v) is 11.2. The fourth-order valence-electron chi connectivity index (χ4n) is 1.04. The average Bonchev–Trinajstić information content (AvgIpc) is 2.19. The van der Waals surface area contributed by atoms with Gasteiger partial charge in [0.05, 0.1) is 5.60 Å². The van der Waals surface area contributed by atoms with Gasteiger partial charge in [0, 0.05) is 12.3 Å². The van der Waals surface area contributed by atoms with Crippen LogP contribution >= 0.6 is 35.0 Å². The van der Waals surface area contributed by atoms with Crippen molar-refractivity contribution in [3.8, 4) is 0 Å². The molecule has 0 aliphatic rings. The van der Waals surface area contributed by atoms with Crippen molar-refractivity contribution in [3.63, 3.8) is 0 Å². The van der Waals surface area contributed by atoms with Crippen LogP contribution in [0.15, 0.2) is 0 Å². The van der Waals surface area contributed by atoms with E-state index < -0.39 is 5.60 Å². The zero-order chi connectivity index (χ0) is 12.2. The third kappa shape index (κ3) is 4.29. The van der Waals surface area contributed by atoms with Crippen LogP contribution in [-0.2, 0) is 0 Å². The number of halogens is 2. The Labute approximate surface area is 108 Å². The summed E-state index contributed by atoms with van der Waals surface area (Å²) in [4.78, 5) is 3.87. The predicted octanol–water partition coefficient (Wildman–Crippen LogP) is 1.70. The Morgan fingerprint density at radius 2 is 2.12 bits per heavy atom. The van der Waals surface area contributed by atoms with Gasteiger partial charge in [-0.1, -0.05) is 11.6 Å². The molecule has 0 aliphatic heterocycles. The highest BCUT2D eigenvalue weighted by molar-refractivity contribution is 7.98. The van der Waals surface area contributed by atoms with Crippen LogP contribution in [0.3, 0.4) is 0 Å². The van der Waals surface area contributed by atoms with Crippen LogP contribution in [0.2, 0.25) is 10.4 Å². The highest BCUT2D eigenvalue weighted by Crippen LogP contribution is 2.18. The van der Waals surface area contributed by atoms with Gasteiger partial charge < -0.3 is 10.4 Å². The number of nitrogens with zero attached hydrogens (tertiary/aromatic N) is 3. The van der Waals surface area contributed by atoms with Crippen molar-refractivity contribution in [2.45, 2.75) is 12.5 Å². The second kappa shape index (κ2) is 5.86. The van der Waals surface area contributed by atoms with E-state index in [2.05, 4.69) is 20.5 Å². The third-order valence-electron chi connectivity index (χ3n) is 1.71. The molecule has 0 saturated heterocycles. The molecular formula is C8H12Cl2N4OS. The number of anilines is 1. The van der Waals surface area contributed by atoms with Crippen molar-refractivity contribution >= 4 is 40.8 Å². The second-order valence-electron chi connectivity index (χ2n) is 3.50. The van der Waals surface area contributed by atoms with Gasteiger partial charge in [0.2, 0.25) is 5.28 Å². The normalized spacial score (nSPS) is 14.6. The van der Waals surface area contributed by atoms with Gasteiger partial charge in [-0.05, 0) is 24.8 Å². The molecule has 1 aromatic rings. The predicted molar refractivity (Wildman–Crippen MR) is 67.3 cm³/mol. The molecule has 1 unspecified atom stereocenters. The molecule has 0 radical (unpaired) electrons. The molecule has 0 aliphatic carbocycles. The lowest BCUT2D eigenvalue weighted by Gasteiger charge is -2.22. The number of hydrogen-bond donors (Lipinski definition) is 2. The lowest BCUT2D eigenvalue weighted by molar-refractivity contribution is 0.0996. The molecule has 1 heterocycles. The first-order valence-electron chi connectivity index (χ1n) is 4.45. The second-order valence-corrected chi connectivity index (χ2v) is 5.07. The highest BCUT2D eigenvalue weighted by atomic mass is 35.5. The van der Waals surface area contributed by atoms with E-state index in [9.17, 15) is 5.11 Å². The van der Waals surface area contributed by atoms with E-state index in [1.54, 1.807) is 18.7 Å². The summed E-state index contributed by atoms with van der Waals surface area (Å²) in [6, 6.07) is 0. The molecular weight excluding hydrogens is 271 g/mol. The number of aliphatic hydroxyl groups is 1. The smallest absolute Gasteiger partial charge is 0.245 e. The summed E-state index contributed by atoms with van der Waals surface area (Å²) in [5.41, 5.74) is -0.847. The number of hydrogen-bond acceptors (Lipinski definition) is 6. The summed E-state index contributed by atoms with van der Waals surface area (Å²) in [5.74, 6) is 0.923. The van der Waals surface area contributed by atoms with Crippen molar-refractivity contribution < 1.29 is 5.11 Å². The summed E-state index contributed by atoms with van der Waals surface area (Å²) < 4.78 is 0. The van der Waals surface area contributed by atoms with Crippen LogP contribution < -0.4 is 5.32 Å². The Morgan fingerprint density at radius 1 is 1.44 bits per heavy atom. The van der Waals surface area contributed by atoms with Crippen molar-refractivity contribution in [3.05, 3.63) is 10.4 Å². The number of aromatic nitrogens is 3. The van der Waals surface area contributed by atoms with E-state index in [-0.39, 0.29) is 10.4 Å². The minimum absolute atomic E-state index is 0.0106. The fourth-order valence-corrected chi connectivity index (χ4v) is 2.03. The largest absolute Gasteiger partial charge is 0.387 e. The molecule has 5 nitrogen and oxygen atoms in total. The number of rotatable bonds is 5. The van der Waals surface area contributed by atoms with Gasteiger partial charge in [-0.3, -0.25) is 0 Å². The van der Waals surface area contributed by atoms with Gasteiger partial charge in [-0.25, -0.2) is 0 Å². The molecule has 16 heavy (non-hydrogen) atoms. The minimum Gasteiger partial charge on any atom is -0.387 e. The first kappa shape index (κ1) is 13.8. The van der Waals surface area contributed by atoms with Crippen molar-refractivity contribution in [2.75, 3.05) is 23.9 Å². The van der Waals surface area contributed by atoms with Crippen LogP contribution in [-0.4, -0.2) is 44.4 Å². The van der Waals surface area contributed by atoms with Gasteiger partial charge in [0.1, 0.15) is 0 Å². The van der Waals surface area contributed by atoms with Gasteiger partial charge in [0.25, 0.3) is 0 Å². The summed E-state index contributed by atoms with van der Waals surface area (Å²) in [5, 5.41) is 20.0. The Hall–Kier alpha value is -0.300. The van der Waals surface area contributed by atoms with Gasteiger partial charge in [-0.15, -0.1) is 10.2 Å². The van der Waals surface area contributed by atoms with E-state index in [0.717, 1.165) is 0 Å². The summed E-state index contributed by atoms with van der Waals surface area (Å²) in [7, 11) is 0. The summed E-state index contributed by atoms with van der Waals surface area (Å²) in [6.07, 6.45) is 1.92. The SMILES string of the molecule is CSCC(C)(O)CNc1nc(Cl)nnc1Cl. The van der Waals surface area contributed by atoms with Crippen LogP contribution in [0, 0.1) is 0 Å². The van der Waals surface area contributed by atoms with E-state index in [0.29, 0.717) is 18.1 Å². The van der Waals surface area contributed by atoms with E-state index >= 15 is 0 Å². The molecule has 0 spiro atoms. The molecule has 1 atom stereocenters. The Morgan fingerprint density at radius 3 is 2.75 bits per heavy atom. The third-order valence-corrected chi connectivity index (χ3v) is 3.04. The van der Waals surface area contributed by atoms with Crippen LogP contribution in [0.4, 0.5) is 5.82 Å². The fraction of sp³-hybridized carbons (Fsp3) is 0.625. The Kier molecular flexibility index (Phi) is 5.04. The lowest BCUT2D eigenvalue weighted by atomic mass is 10.1. The Bertz CT molecular complexity index is 364. The number of nitrogens with one attached hydrogen (secondary N) is 1. The first-order valence-corrected chi connectivity index (χ1v) is 6.60. The maximum absolute atomic E-state index is 9.91. The van der Waals surface area contributed by atoms with Crippen LogP contribution in [0.5, 0.6) is 0 Å². The van der Waals surface area contributed by atoms with Gasteiger partial charge >= 0.3 is 0 Å². The minimum atomic E-state index is -0.847. The van der Waals surface area contributed by atoms with Crippen LogP contribution in [0.25, 0.3) is 0 Å². The van der Waals surface area contributed by atoms with Crippen molar-refractivity contribution in [2.24, 2.45) is 0 Å².